The minimum atomic E-state index is -0.415. The largest absolute Gasteiger partial charge is 0.496 e. The number of esters is 1. The molecule has 0 aliphatic heterocycles. The molecule has 0 aromatic heterocycles. The first-order valence-corrected chi connectivity index (χ1v) is 8.75. The summed E-state index contributed by atoms with van der Waals surface area (Å²) in [5.41, 5.74) is 0.859. The highest BCUT2D eigenvalue weighted by Crippen LogP contribution is 2.23. The lowest BCUT2D eigenvalue weighted by atomic mass is 10.2. The number of carbonyl (C=O) groups is 2. The molecule has 0 fully saturated rings. The second-order valence-corrected chi connectivity index (χ2v) is 6.68. The third kappa shape index (κ3) is 6.15. The highest BCUT2D eigenvalue weighted by Gasteiger charge is 2.17. The third-order valence-electron chi connectivity index (χ3n) is 3.40. The Balaban J connectivity index is 1.74. The van der Waals surface area contributed by atoms with Crippen molar-refractivity contribution < 1.29 is 19.1 Å². The van der Waals surface area contributed by atoms with Gasteiger partial charge in [-0.15, -0.1) is 11.8 Å². The van der Waals surface area contributed by atoms with Gasteiger partial charge in [0.15, 0.2) is 6.61 Å². The average molecular weight is 359 g/mol. The van der Waals surface area contributed by atoms with Crippen LogP contribution in [0.5, 0.6) is 5.75 Å². The summed E-state index contributed by atoms with van der Waals surface area (Å²) in [7, 11) is 1.58. The van der Waals surface area contributed by atoms with Gasteiger partial charge in [-0.25, -0.2) is 0 Å². The Morgan fingerprint density at radius 1 is 1.08 bits per heavy atom. The molecule has 0 heterocycles. The lowest BCUT2D eigenvalue weighted by Gasteiger charge is -2.12. The first-order valence-electron chi connectivity index (χ1n) is 7.87. The fraction of sp³-hybridized carbons (Fsp3) is 0.263. The summed E-state index contributed by atoms with van der Waals surface area (Å²) >= 11 is 1.40. The summed E-state index contributed by atoms with van der Waals surface area (Å²) in [6.45, 7) is 1.77. The van der Waals surface area contributed by atoms with Crippen molar-refractivity contribution in [3.63, 3.8) is 0 Å². The highest BCUT2D eigenvalue weighted by atomic mass is 32.2. The van der Waals surface area contributed by atoms with Crippen molar-refractivity contribution in [2.75, 3.05) is 13.7 Å². The van der Waals surface area contributed by atoms with Crippen molar-refractivity contribution in [1.82, 2.24) is 5.32 Å². The van der Waals surface area contributed by atoms with Crippen LogP contribution in [0.2, 0.25) is 0 Å². The Hall–Kier alpha value is -2.47. The first-order chi connectivity index (χ1) is 12.1. The fourth-order valence-corrected chi connectivity index (χ4v) is 2.99. The smallest absolute Gasteiger partial charge is 0.319 e. The van der Waals surface area contributed by atoms with Crippen LogP contribution in [0.3, 0.4) is 0 Å². The molecular formula is C19H21NO4S. The number of ether oxygens (including phenoxy) is 2. The van der Waals surface area contributed by atoms with Crippen molar-refractivity contribution >= 4 is 23.6 Å². The standard InChI is InChI=1S/C19H21NO4S/c1-14(25-16-9-4-3-5-10-16)19(22)24-13-18(21)20-12-15-8-6-7-11-17(15)23-2/h3-11,14H,12-13H2,1-2H3,(H,20,21)/t14-/m0/s1. The molecule has 1 N–H and O–H groups in total. The quantitative estimate of drug-likeness (QED) is 0.580. The van der Waals surface area contributed by atoms with Gasteiger partial charge in [0.25, 0.3) is 5.91 Å². The number of benzene rings is 2. The zero-order valence-electron chi connectivity index (χ0n) is 14.2. The van der Waals surface area contributed by atoms with Gasteiger partial charge >= 0.3 is 5.97 Å². The Bertz CT molecular complexity index is 706. The van der Waals surface area contributed by atoms with E-state index < -0.39 is 5.97 Å². The van der Waals surface area contributed by atoms with Gasteiger partial charge in [0, 0.05) is 17.0 Å². The second-order valence-electron chi connectivity index (χ2n) is 5.27. The van der Waals surface area contributed by atoms with E-state index >= 15 is 0 Å². The Morgan fingerprint density at radius 2 is 1.76 bits per heavy atom. The average Bonchev–Trinajstić information content (AvgIpc) is 2.65. The van der Waals surface area contributed by atoms with Crippen molar-refractivity contribution in [2.45, 2.75) is 23.6 Å². The number of carbonyl (C=O) groups excluding carboxylic acids is 2. The molecule has 0 spiro atoms. The first kappa shape index (κ1) is 18.9. The molecule has 0 bridgehead atoms. The monoisotopic (exact) mass is 359 g/mol. The molecule has 0 unspecified atom stereocenters. The van der Waals surface area contributed by atoms with Gasteiger partial charge < -0.3 is 14.8 Å². The molecule has 1 atom stereocenters. The van der Waals surface area contributed by atoms with Crippen molar-refractivity contribution in [2.24, 2.45) is 0 Å². The van der Waals surface area contributed by atoms with Gasteiger partial charge in [0.2, 0.25) is 0 Å². The van der Waals surface area contributed by atoms with E-state index in [0.717, 1.165) is 10.5 Å². The molecule has 5 nitrogen and oxygen atoms in total. The maximum atomic E-state index is 12.0. The molecule has 0 aliphatic carbocycles. The van der Waals surface area contributed by atoms with E-state index in [-0.39, 0.29) is 17.8 Å². The van der Waals surface area contributed by atoms with Gasteiger partial charge in [0.05, 0.1) is 7.11 Å². The summed E-state index contributed by atoms with van der Waals surface area (Å²) in [6, 6.07) is 17.0. The molecule has 0 aliphatic rings. The number of thioether (sulfide) groups is 1. The van der Waals surface area contributed by atoms with Crippen molar-refractivity contribution in [1.29, 1.82) is 0 Å². The molecule has 1 amide bonds. The number of methoxy groups -OCH3 is 1. The maximum absolute atomic E-state index is 12.0. The van der Waals surface area contributed by atoms with Gasteiger partial charge in [-0.3, -0.25) is 9.59 Å². The van der Waals surface area contributed by atoms with E-state index in [1.165, 1.54) is 11.8 Å². The molecule has 132 valence electrons. The Kier molecular flexibility index (Phi) is 7.35. The molecule has 2 rings (SSSR count). The third-order valence-corrected chi connectivity index (χ3v) is 4.49. The summed E-state index contributed by atoms with van der Waals surface area (Å²) in [6.07, 6.45) is 0. The molecule has 0 saturated heterocycles. The minimum absolute atomic E-state index is 0.298. The van der Waals surface area contributed by atoms with Gasteiger partial charge in [-0.1, -0.05) is 36.4 Å². The van der Waals surface area contributed by atoms with E-state index in [9.17, 15) is 9.59 Å². The van der Waals surface area contributed by atoms with Crippen LogP contribution in [0.1, 0.15) is 12.5 Å². The molecule has 2 aromatic carbocycles. The number of amides is 1. The topological polar surface area (TPSA) is 64.6 Å². The molecule has 25 heavy (non-hydrogen) atoms. The van der Waals surface area contributed by atoms with Crippen LogP contribution in [-0.2, 0) is 20.9 Å². The van der Waals surface area contributed by atoms with Gasteiger partial charge in [-0.05, 0) is 25.1 Å². The Labute approximate surface area is 151 Å². The van der Waals surface area contributed by atoms with E-state index in [1.54, 1.807) is 14.0 Å². The fourth-order valence-electron chi connectivity index (χ4n) is 2.10. The van der Waals surface area contributed by atoms with Gasteiger partial charge in [0.1, 0.15) is 11.0 Å². The molecule has 6 heteroatoms. The summed E-state index contributed by atoms with van der Waals surface area (Å²) < 4.78 is 10.3. The van der Waals surface area contributed by atoms with Gasteiger partial charge in [-0.2, -0.15) is 0 Å². The molecule has 2 aromatic rings. The van der Waals surface area contributed by atoms with E-state index in [4.69, 9.17) is 9.47 Å². The lowest BCUT2D eigenvalue weighted by molar-refractivity contribution is -0.147. The van der Waals surface area contributed by atoms with Crippen LogP contribution < -0.4 is 10.1 Å². The predicted molar refractivity (Wildman–Crippen MR) is 97.6 cm³/mol. The van der Waals surface area contributed by atoms with Crippen molar-refractivity contribution in [3.05, 3.63) is 60.2 Å². The number of rotatable bonds is 8. The van der Waals surface area contributed by atoms with Crippen LogP contribution in [0.25, 0.3) is 0 Å². The number of nitrogens with one attached hydrogen (secondary N) is 1. The summed E-state index contributed by atoms with van der Waals surface area (Å²) in [5, 5.41) is 2.33. The van der Waals surface area contributed by atoms with Crippen LogP contribution in [0.15, 0.2) is 59.5 Å². The van der Waals surface area contributed by atoms with Crippen LogP contribution in [-0.4, -0.2) is 30.8 Å². The number of hydrogen-bond acceptors (Lipinski definition) is 5. The minimum Gasteiger partial charge on any atom is -0.496 e. The molecular weight excluding hydrogens is 338 g/mol. The summed E-state index contributed by atoms with van der Waals surface area (Å²) in [4.78, 5) is 24.8. The normalized spacial score (nSPS) is 11.4. The van der Waals surface area contributed by atoms with Crippen molar-refractivity contribution in [3.8, 4) is 5.75 Å². The zero-order valence-corrected chi connectivity index (χ0v) is 15.0. The molecule has 0 saturated carbocycles. The van der Waals surface area contributed by atoms with Crippen LogP contribution in [0.4, 0.5) is 0 Å². The maximum Gasteiger partial charge on any atom is 0.319 e. The lowest BCUT2D eigenvalue weighted by Crippen LogP contribution is -2.30. The predicted octanol–water partition coefficient (Wildman–Crippen LogP) is 3.04. The van der Waals surface area contributed by atoms with E-state index in [1.807, 2.05) is 54.6 Å². The Morgan fingerprint density at radius 3 is 2.48 bits per heavy atom. The van der Waals surface area contributed by atoms with Crippen LogP contribution >= 0.6 is 11.8 Å². The molecule has 0 radical (unpaired) electrons. The van der Waals surface area contributed by atoms with E-state index in [0.29, 0.717) is 12.3 Å². The van der Waals surface area contributed by atoms with Crippen LogP contribution in [0, 0.1) is 0 Å². The second kappa shape index (κ2) is 9.74. The number of para-hydroxylation sites is 1. The highest BCUT2D eigenvalue weighted by molar-refractivity contribution is 8.00. The van der Waals surface area contributed by atoms with E-state index in [2.05, 4.69) is 5.32 Å². The SMILES string of the molecule is COc1ccccc1CNC(=O)COC(=O)[C@H](C)Sc1ccccc1. The number of hydrogen-bond donors (Lipinski definition) is 1. The zero-order chi connectivity index (χ0) is 18.1. The summed E-state index contributed by atoms with van der Waals surface area (Å²) in [5.74, 6) is -0.0647.